The van der Waals surface area contributed by atoms with E-state index in [2.05, 4.69) is 18.7 Å². The molecule has 0 unspecified atom stereocenters. The predicted octanol–water partition coefficient (Wildman–Crippen LogP) is 3.21. The van der Waals surface area contributed by atoms with E-state index in [1.165, 1.54) is 6.07 Å². The summed E-state index contributed by atoms with van der Waals surface area (Å²) in [5.41, 5.74) is 0.795. The van der Waals surface area contributed by atoms with Gasteiger partial charge in [-0.05, 0) is 58.2 Å². The monoisotopic (exact) mass is 334 g/mol. The number of amides is 1. The van der Waals surface area contributed by atoms with Crippen LogP contribution in [-0.2, 0) is 9.53 Å². The minimum atomic E-state index is -0.216. The number of nitrogens with zero attached hydrogens (tertiary/aromatic N) is 2. The molecule has 2 fully saturated rings. The maximum Gasteiger partial charge on any atom is 0.248 e. The number of benzene rings is 1. The van der Waals surface area contributed by atoms with Gasteiger partial charge in [0.2, 0.25) is 5.91 Å². The van der Waals surface area contributed by atoms with Crippen molar-refractivity contribution in [3.8, 4) is 0 Å². The second-order valence-corrected chi connectivity index (χ2v) is 7.37. The molecule has 2 aliphatic heterocycles. The van der Waals surface area contributed by atoms with Crippen LogP contribution in [0.2, 0.25) is 0 Å². The van der Waals surface area contributed by atoms with Crippen molar-refractivity contribution < 1.29 is 13.9 Å². The molecule has 0 N–H and O–H groups in total. The van der Waals surface area contributed by atoms with Crippen LogP contribution in [0.4, 0.5) is 10.1 Å². The number of anilines is 1. The Kier molecular flexibility index (Phi) is 4.81. The summed E-state index contributed by atoms with van der Waals surface area (Å²) in [6.07, 6.45) is 2.90. The molecule has 0 radical (unpaired) electrons. The normalized spacial score (nSPS) is 25.7. The van der Waals surface area contributed by atoms with Gasteiger partial charge >= 0.3 is 0 Å². The van der Waals surface area contributed by atoms with Crippen LogP contribution in [0.1, 0.15) is 40.0 Å². The Hall–Kier alpha value is -1.62. The van der Waals surface area contributed by atoms with Crippen molar-refractivity contribution in [2.75, 3.05) is 24.7 Å². The number of hydrogen-bond acceptors (Lipinski definition) is 3. The zero-order chi connectivity index (χ0) is 17.3. The van der Waals surface area contributed by atoms with Gasteiger partial charge in [0.05, 0.1) is 12.1 Å². The van der Waals surface area contributed by atoms with E-state index < -0.39 is 0 Å². The van der Waals surface area contributed by atoms with Crippen LogP contribution < -0.4 is 4.90 Å². The van der Waals surface area contributed by atoms with E-state index in [4.69, 9.17) is 4.74 Å². The lowest BCUT2D eigenvalue weighted by atomic mass is 9.94. The van der Waals surface area contributed by atoms with E-state index in [0.717, 1.165) is 31.5 Å². The molecule has 2 aliphatic rings. The summed E-state index contributed by atoms with van der Waals surface area (Å²) in [6, 6.07) is 7.21. The largest absolute Gasteiger partial charge is 0.372 e. The fourth-order valence-corrected chi connectivity index (χ4v) is 4.39. The van der Waals surface area contributed by atoms with Crippen LogP contribution in [0.25, 0.3) is 0 Å². The van der Waals surface area contributed by atoms with Gasteiger partial charge in [0, 0.05) is 24.4 Å². The first-order valence-corrected chi connectivity index (χ1v) is 8.86. The standard InChI is InChI=1S/C19H27FN2O2/c1-4-24-13-18(23)21-10-6-9-16-17(21)12-19(2,3)22(16)15-8-5-7-14(20)11-15/h5,7-8,11,16-17H,4,6,9-10,12-13H2,1-3H3/t16-,17-/m0/s1. The molecule has 2 atom stereocenters. The van der Waals surface area contributed by atoms with Crippen molar-refractivity contribution >= 4 is 11.6 Å². The summed E-state index contributed by atoms with van der Waals surface area (Å²) in [4.78, 5) is 16.8. The second kappa shape index (κ2) is 6.71. The summed E-state index contributed by atoms with van der Waals surface area (Å²) in [5, 5.41) is 0. The Morgan fingerprint density at radius 2 is 2.17 bits per heavy atom. The SMILES string of the molecule is CCOCC(=O)N1CCC[C@H]2[C@@H]1CC(C)(C)N2c1cccc(F)c1. The zero-order valence-electron chi connectivity index (χ0n) is 14.8. The second-order valence-electron chi connectivity index (χ2n) is 7.37. The highest BCUT2D eigenvalue weighted by molar-refractivity contribution is 5.78. The summed E-state index contributed by atoms with van der Waals surface area (Å²) < 4.78 is 19.1. The number of fused-ring (bicyclic) bond motifs is 1. The highest BCUT2D eigenvalue weighted by atomic mass is 19.1. The number of halogens is 1. The first-order chi connectivity index (χ1) is 11.4. The molecule has 132 valence electrons. The molecule has 0 saturated carbocycles. The van der Waals surface area contributed by atoms with Gasteiger partial charge in [-0.2, -0.15) is 0 Å². The molecular weight excluding hydrogens is 307 g/mol. The Morgan fingerprint density at radius 1 is 1.38 bits per heavy atom. The average Bonchev–Trinajstić information content (AvgIpc) is 2.82. The van der Waals surface area contributed by atoms with Gasteiger partial charge in [-0.15, -0.1) is 0 Å². The molecule has 1 amide bonds. The number of carbonyl (C=O) groups is 1. The lowest BCUT2D eigenvalue weighted by Crippen LogP contribution is -2.53. The van der Waals surface area contributed by atoms with Crippen LogP contribution in [0.5, 0.6) is 0 Å². The molecule has 24 heavy (non-hydrogen) atoms. The smallest absolute Gasteiger partial charge is 0.248 e. The fourth-order valence-electron chi connectivity index (χ4n) is 4.39. The maximum absolute atomic E-state index is 13.7. The molecule has 4 nitrogen and oxygen atoms in total. The van der Waals surface area contributed by atoms with Crippen molar-refractivity contribution in [2.45, 2.75) is 57.7 Å². The molecule has 0 bridgehead atoms. The van der Waals surface area contributed by atoms with E-state index >= 15 is 0 Å². The number of likely N-dealkylation sites (tertiary alicyclic amines) is 1. The van der Waals surface area contributed by atoms with Crippen LogP contribution in [0.15, 0.2) is 24.3 Å². The average molecular weight is 334 g/mol. The van der Waals surface area contributed by atoms with Gasteiger partial charge in [0.15, 0.2) is 0 Å². The molecule has 2 heterocycles. The highest BCUT2D eigenvalue weighted by Crippen LogP contribution is 2.43. The van der Waals surface area contributed by atoms with Gasteiger partial charge in [0.1, 0.15) is 12.4 Å². The molecular formula is C19H27FN2O2. The third-order valence-corrected chi connectivity index (χ3v) is 5.27. The summed E-state index contributed by atoms with van der Waals surface area (Å²) in [5.74, 6) is -0.143. The Morgan fingerprint density at radius 3 is 2.88 bits per heavy atom. The van der Waals surface area contributed by atoms with Crippen LogP contribution in [0, 0.1) is 5.82 Å². The third-order valence-electron chi connectivity index (χ3n) is 5.27. The van der Waals surface area contributed by atoms with E-state index in [0.29, 0.717) is 6.61 Å². The topological polar surface area (TPSA) is 32.8 Å². The summed E-state index contributed by atoms with van der Waals surface area (Å²) in [6.45, 7) is 7.76. The highest BCUT2D eigenvalue weighted by Gasteiger charge is 2.50. The van der Waals surface area contributed by atoms with Crippen molar-refractivity contribution in [3.05, 3.63) is 30.1 Å². The van der Waals surface area contributed by atoms with Crippen molar-refractivity contribution in [1.82, 2.24) is 4.90 Å². The van der Waals surface area contributed by atoms with Crippen molar-refractivity contribution in [2.24, 2.45) is 0 Å². The quantitative estimate of drug-likeness (QED) is 0.848. The van der Waals surface area contributed by atoms with Crippen LogP contribution in [-0.4, -0.2) is 48.2 Å². The van der Waals surface area contributed by atoms with Gasteiger partial charge in [-0.1, -0.05) is 6.07 Å². The molecule has 0 aromatic heterocycles. The van der Waals surface area contributed by atoms with E-state index in [1.54, 1.807) is 12.1 Å². The number of carbonyl (C=O) groups excluding carboxylic acids is 1. The first-order valence-electron chi connectivity index (χ1n) is 8.86. The number of hydrogen-bond donors (Lipinski definition) is 0. The van der Waals surface area contributed by atoms with E-state index in [-0.39, 0.29) is 36.0 Å². The molecule has 5 heteroatoms. The Balaban J connectivity index is 1.87. The molecule has 0 spiro atoms. The van der Waals surface area contributed by atoms with Crippen LogP contribution >= 0.6 is 0 Å². The van der Waals surface area contributed by atoms with Gasteiger partial charge in [-0.3, -0.25) is 4.79 Å². The maximum atomic E-state index is 13.7. The molecule has 0 aliphatic carbocycles. The Labute approximate surface area is 143 Å². The molecule has 1 aromatic carbocycles. The van der Waals surface area contributed by atoms with Gasteiger partial charge < -0.3 is 14.5 Å². The predicted molar refractivity (Wildman–Crippen MR) is 92.6 cm³/mol. The lowest BCUT2D eigenvalue weighted by Gasteiger charge is -2.42. The number of ether oxygens (including phenoxy) is 1. The minimum absolute atomic E-state index is 0.0726. The molecule has 3 rings (SSSR count). The van der Waals surface area contributed by atoms with Crippen molar-refractivity contribution in [1.29, 1.82) is 0 Å². The first kappa shape index (κ1) is 17.2. The Bertz CT molecular complexity index is 605. The molecule has 1 aromatic rings. The van der Waals surface area contributed by atoms with Gasteiger partial charge in [0.25, 0.3) is 0 Å². The third kappa shape index (κ3) is 3.14. The number of piperidine rings is 1. The summed E-state index contributed by atoms with van der Waals surface area (Å²) in [7, 11) is 0. The van der Waals surface area contributed by atoms with E-state index in [9.17, 15) is 9.18 Å². The molecule has 2 saturated heterocycles. The van der Waals surface area contributed by atoms with Crippen molar-refractivity contribution in [3.63, 3.8) is 0 Å². The zero-order valence-corrected chi connectivity index (χ0v) is 14.8. The van der Waals surface area contributed by atoms with Gasteiger partial charge in [-0.25, -0.2) is 4.39 Å². The summed E-state index contributed by atoms with van der Waals surface area (Å²) >= 11 is 0. The number of rotatable bonds is 4. The fraction of sp³-hybridized carbons (Fsp3) is 0.632. The lowest BCUT2D eigenvalue weighted by molar-refractivity contribution is -0.139. The van der Waals surface area contributed by atoms with E-state index in [1.807, 2.05) is 17.9 Å². The van der Waals surface area contributed by atoms with Crippen LogP contribution in [0.3, 0.4) is 0 Å². The minimum Gasteiger partial charge on any atom is -0.372 e.